The van der Waals surface area contributed by atoms with Crippen molar-refractivity contribution in [3.8, 4) is 33.4 Å². The Morgan fingerprint density at radius 3 is 1.40 bits per heavy atom. The molecule has 0 saturated heterocycles. The number of benzene rings is 9. The van der Waals surface area contributed by atoms with Gasteiger partial charge in [0, 0.05) is 38.5 Å². The van der Waals surface area contributed by atoms with Gasteiger partial charge in [0.25, 0.3) is 0 Å². The highest BCUT2D eigenvalue weighted by molar-refractivity contribution is 6.14. The minimum Gasteiger partial charge on any atom is -0.456 e. The van der Waals surface area contributed by atoms with Gasteiger partial charge in [-0.2, -0.15) is 0 Å². The first-order valence-corrected chi connectivity index (χ1v) is 20.9. The SMILES string of the molecule is CC1(c2ccccc2)c2ccccc2-c2ccc(N(c3ccc4c(c3)C(C)(c3ccccc3)c3ccccc3-4)c3ccccc3-c3cccc4oc5ccccc5c34)cc21. The van der Waals surface area contributed by atoms with Gasteiger partial charge in [0.1, 0.15) is 11.2 Å². The molecule has 2 unspecified atom stereocenters. The van der Waals surface area contributed by atoms with E-state index in [2.05, 4.69) is 225 Å². The molecule has 1 heterocycles. The second-order valence-electron chi connectivity index (χ2n) is 16.7. The Hall–Kier alpha value is -7.42. The van der Waals surface area contributed by atoms with Gasteiger partial charge in [0.05, 0.1) is 5.69 Å². The fourth-order valence-electron chi connectivity index (χ4n) is 10.7. The van der Waals surface area contributed by atoms with Crippen LogP contribution in [0.5, 0.6) is 0 Å². The summed E-state index contributed by atoms with van der Waals surface area (Å²) in [6.45, 7) is 4.80. The van der Waals surface area contributed by atoms with Crippen LogP contribution in [0.1, 0.15) is 47.2 Å². The summed E-state index contributed by atoms with van der Waals surface area (Å²) in [6, 6.07) is 78.0. The van der Waals surface area contributed by atoms with E-state index in [1.807, 2.05) is 6.07 Å². The molecule has 0 N–H and O–H groups in total. The van der Waals surface area contributed by atoms with Crippen LogP contribution in [0.3, 0.4) is 0 Å². The van der Waals surface area contributed by atoms with Gasteiger partial charge >= 0.3 is 0 Å². The standard InChI is InChI=1S/C58H41NO/c1-57(38-18-5-3-6-19-38)49-27-13-9-22-42(49)44-34-32-40(36-51(44)57)59(53-29-15-11-24-46(53)47-26-17-31-55-56(47)48-25-12-16-30-54(48)60-55)41-33-35-45-43-23-10-14-28-50(43)58(2,52(45)37-41)39-20-7-4-8-21-39/h3-37H,1-2H3. The first-order chi connectivity index (χ1) is 29.5. The van der Waals surface area contributed by atoms with E-state index in [1.54, 1.807) is 0 Å². The smallest absolute Gasteiger partial charge is 0.136 e. The lowest BCUT2D eigenvalue weighted by Gasteiger charge is -2.33. The highest BCUT2D eigenvalue weighted by Crippen LogP contribution is 2.57. The number of para-hydroxylation sites is 2. The van der Waals surface area contributed by atoms with E-state index in [0.29, 0.717) is 0 Å². The fourth-order valence-corrected chi connectivity index (χ4v) is 10.7. The van der Waals surface area contributed by atoms with Crippen LogP contribution in [0.2, 0.25) is 0 Å². The van der Waals surface area contributed by atoms with Gasteiger partial charge in [-0.05, 0) is 118 Å². The Balaban J connectivity index is 1.14. The highest BCUT2D eigenvalue weighted by atomic mass is 16.3. The summed E-state index contributed by atoms with van der Waals surface area (Å²) in [7, 11) is 0. The van der Waals surface area contributed by atoms with E-state index >= 15 is 0 Å². The van der Waals surface area contributed by atoms with Crippen molar-refractivity contribution < 1.29 is 4.42 Å². The van der Waals surface area contributed by atoms with Gasteiger partial charge in [-0.3, -0.25) is 0 Å². The van der Waals surface area contributed by atoms with Crippen molar-refractivity contribution in [2.45, 2.75) is 24.7 Å². The molecule has 2 heteroatoms. The topological polar surface area (TPSA) is 16.4 Å². The molecule has 0 radical (unpaired) electrons. The number of furan rings is 1. The van der Waals surface area contributed by atoms with Crippen LogP contribution >= 0.6 is 0 Å². The molecule has 10 aromatic rings. The van der Waals surface area contributed by atoms with Gasteiger partial charge in [0.2, 0.25) is 0 Å². The average molecular weight is 768 g/mol. The summed E-state index contributed by atoms with van der Waals surface area (Å²) in [5.41, 5.74) is 19.7. The first kappa shape index (κ1) is 34.6. The molecule has 0 saturated carbocycles. The maximum atomic E-state index is 6.46. The van der Waals surface area contributed by atoms with Gasteiger partial charge < -0.3 is 9.32 Å². The molecule has 2 aliphatic rings. The second-order valence-corrected chi connectivity index (χ2v) is 16.7. The summed E-state index contributed by atoms with van der Waals surface area (Å²) >= 11 is 0. The van der Waals surface area contributed by atoms with E-state index in [4.69, 9.17) is 4.42 Å². The molecule has 1 aromatic heterocycles. The third kappa shape index (κ3) is 4.82. The Morgan fingerprint density at radius 1 is 0.350 bits per heavy atom. The zero-order valence-corrected chi connectivity index (χ0v) is 33.6. The molecule has 60 heavy (non-hydrogen) atoms. The van der Waals surface area contributed by atoms with Crippen LogP contribution in [0.4, 0.5) is 17.1 Å². The Labute approximate surface area is 350 Å². The Morgan fingerprint density at radius 2 is 0.800 bits per heavy atom. The molecule has 2 nitrogen and oxygen atoms in total. The van der Waals surface area contributed by atoms with Crippen molar-refractivity contribution in [3.05, 3.63) is 246 Å². The van der Waals surface area contributed by atoms with Gasteiger partial charge in [-0.15, -0.1) is 0 Å². The molecule has 0 fully saturated rings. The molecule has 2 aliphatic carbocycles. The summed E-state index contributed by atoms with van der Waals surface area (Å²) in [5, 5.41) is 2.25. The van der Waals surface area contributed by atoms with Crippen molar-refractivity contribution >= 4 is 39.0 Å². The average Bonchev–Trinajstić information content (AvgIpc) is 3.92. The largest absolute Gasteiger partial charge is 0.456 e. The van der Waals surface area contributed by atoms with Gasteiger partial charge in [0.15, 0.2) is 0 Å². The van der Waals surface area contributed by atoms with Crippen molar-refractivity contribution in [2.75, 3.05) is 4.90 Å². The quantitative estimate of drug-likeness (QED) is 0.168. The summed E-state index contributed by atoms with van der Waals surface area (Å²) in [5.74, 6) is 0. The minimum atomic E-state index is -0.346. The molecule has 12 rings (SSSR count). The van der Waals surface area contributed by atoms with Crippen LogP contribution in [0, 0.1) is 0 Å². The second kappa shape index (κ2) is 13.0. The van der Waals surface area contributed by atoms with E-state index in [1.165, 1.54) is 55.6 Å². The van der Waals surface area contributed by atoms with Gasteiger partial charge in [-0.25, -0.2) is 0 Å². The molecule has 0 bridgehead atoms. The summed E-state index contributed by atoms with van der Waals surface area (Å²) in [4.78, 5) is 2.50. The van der Waals surface area contributed by atoms with E-state index < -0.39 is 0 Å². The zero-order chi connectivity index (χ0) is 40.0. The van der Waals surface area contributed by atoms with Crippen molar-refractivity contribution in [3.63, 3.8) is 0 Å². The van der Waals surface area contributed by atoms with Crippen LogP contribution < -0.4 is 4.90 Å². The number of hydrogen-bond acceptors (Lipinski definition) is 2. The summed E-state index contributed by atoms with van der Waals surface area (Å²) in [6.07, 6.45) is 0. The number of nitrogens with zero attached hydrogens (tertiary/aromatic N) is 1. The van der Waals surface area contributed by atoms with Crippen LogP contribution in [0.15, 0.2) is 217 Å². The van der Waals surface area contributed by atoms with Crippen molar-refractivity contribution in [1.29, 1.82) is 0 Å². The predicted molar refractivity (Wildman–Crippen MR) is 249 cm³/mol. The Bertz CT molecular complexity index is 3160. The number of hydrogen-bond donors (Lipinski definition) is 0. The van der Waals surface area contributed by atoms with Crippen LogP contribution in [-0.4, -0.2) is 0 Å². The fraction of sp³-hybridized carbons (Fsp3) is 0.0690. The monoisotopic (exact) mass is 767 g/mol. The highest BCUT2D eigenvalue weighted by Gasteiger charge is 2.43. The molecule has 2 atom stereocenters. The molecule has 284 valence electrons. The third-order valence-electron chi connectivity index (χ3n) is 13.7. The lowest BCUT2D eigenvalue weighted by atomic mass is 9.74. The van der Waals surface area contributed by atoms with Crippen molar-refractivity contribution in [2.24, 2.45) is 0 Å². The third-order valence-corrected chi connectivity index (χ3v) is 13.7. The maximum absolute atomic E-state index is 6.46. The van der Waals surface area contributed by atoms with Crippen LogP contribution in [-0.2, 0) is 10.8 Å². The molecular formula is C58H41NO. The molecule has 0 aliphatic heterocycles. The lowest BCUT2D eigenvalue weighted by molar-refractivity contribution is 0.669. The lowest BCUT2D eigenvalue weighted by Crippen LogP contribution is -2.23. The van der Waals surface area contributed by atoms with Crippen LogP contribution in [0.25, 0.3) is 55.3 Å². The molecule has 0 amide bonds. The normalized spacial score (nSPS) is 17.3. The van der Waals surface area contributed by atoms with E-state index in [9.17, 15) is 0 Å². The summed E-state index contributed by atoms with van der Waals surface area (Å²) < 4.78 is 6.46. The van der Waals surface area contributed by atoms with E-state index in [-0.39, 0.29) is 10.8 Å². The minimum absolute atomic E-state index is 0.346. The maximum Gasteiger partial charge on any atom is 0.136 e. The Kier molecular flexibility index (Phi) is 7.52. The van der Waals surface area contributed by atoms with Gasteiger partial charge in [-0.1, -0.05) is 170 Å². The molecule has 0 spiro atoms. The molecule has 9 aromatic carbocycles. The van der Waals surface area contributed by atoms with Crippen molar-refractivity contribution in [1.82, 2.24) is 0 Å². The number of rotatable bonds is 6. The first-order valence-electron chi connectivity index (χ1n) is 20.9. The zero-order valence-electron chi connectivity index (χ0n) is 33.6. The molecular weight excluding hydrogens is 727 g/mol. The number of fused-ring (bicyclic) bond motifs is 9. The number of anilines is 3. The van der Waals surface area contributed by atoms with E-state index in [0.717, 1.165) is 50.1 Å². The predicted octanol–water partition coefficient (Wildman–Crippen LogP) is 15.4.